The van der Waals surface area contributed by atoms with E-state index in [9.17, 15) is 45.5 Å². The maximum atomic E-state index is 14.0. The number of nitrogens with one attached hydrogen (secondary N) is 2. The fraction of sp³-hybridized carbons (Fsp3) is 0.429. The number of alkyl halides is 6. The first kappa shape index (κ1) is 42.4. The number of carbonyl (C=O) groups is 4. The number of carbonyl (C=O) groups excluding carboxylic acids is 4. The molecule has 3 atom stereocenters. The lowest BCUT2D eigenvalue weighted by Gasteiger charge is -2.25. The molecule has 2 aliphatic heterocycles. The van der Waals surface area contributed by atoms with Gasteiger partial charge in [-0.25, -0.2) is 0 Å². The Bertz CT molecular complexity index is 2490. The number of ether oxygens (including phenoxy) is 2. The summed E-state index contributed by atoms with van der Waals surface area (Å²) in [4.78, 5) is 57.0. The summed E-state index contributed by atoms with van der Waals surface area (Å²) in [6.45, 7) is 1.72. The highest BCUT2D eigenvalue weighted by Crippen LogP contribution is 2.39. The lowest BCUT2D eigenvalue weighted by atomic mass is 9.85. The number of rotatable bonds is 8. The fourth-order valence-electron chi connectivity index (χ4n) is 8.48. The van der Waals surface area contributed by atoms with Gasteiger partial charge in [0.1, 0.15) is 36.8 Å². The standard InChI is InChI=1S/C42H42F6N8O6/c1-4-55-29-13-10-23(41(43,44)45)18-25(29)35(51-55)37(57)50-28-21-62-34-17-22(9-12-32(34)54(3)40(28)60)15-16-56-30-14-11-24(42(46,47)48)19-26(30)36(52-56)38(58)49-27-20-61-33-8-6-5-7-31(33)53(2)39(27)59/h5-10,12,17,24,27-28H,4,11,13-16,18-21H2,1-3H3,(H,49,58)(H,50,57)/t24-,27+,28+/m1/s1. The van der Waals surface area contributed by atoms with Crippen LogP contribution < -0.4 is 29.9 Å². The van der Waals surface area contributed by atoms with Crippen molar-refractivity contribution in [2.75, 3.05) is 37.1 Å². The molecule has 0 saturated carbocycles. The molecule has 4 aliphatic rings. The summed E-state index contributed by atoms with van der Waals surface area (Å²) >= 11 is 0. The Morgan fingerprint density at radius 1 is 0.806 bits per heavy atom. The first-order valence-corrected chi connectivity index (χ1v) is 20.1. The van der Waals surface area contributed by atoms with Crippen molar-refractivity contribution in [3.63, 3.8) is 0 Å². The van der Waals surface area contributed by atoms with E-state index in [1.807, 2.05) is 0 Å². The fourth-order valence-corrected chi connectivity index (χ4v) is 8.48. The highest BCUT2D eigenvalue weighted by molar-refractivity contribution is 6.04. The second-order valence-corrected chi connectivity index (χ2v) is 15.7. The molecule has 0 fully saturated rings. The number of hydrogen-bond donors (Lipinski definition) is 2. The molecule has 0 bridgehead atoms. The van der Waals surface area contributed by atoms with Crippen LogP contribution in [0.25, 0.3) is 0 Å². The summed E-state index contributed by atoms with van der Waals surface area (Å²) in [6, 6.07) is 9.53. The molecule has 0 radical (unpaired) electrons. The van der Waals surface area contributed by atoms with Crippen LogP contribution in [-0.4, -0.2) is 94.9 Å². The predicted octanol–water partition coefficient (Wildman–Crippen LogP) is 4.90. The number of aryl methyl sites for hydroxylation is 3. The number of para-hydroxylation sites is 2. The topological polar surface area (TPSA) is 153 Å². The van der Waals surface area contributed by atoms with Crippen molar-refractivity contribution in [1.82, 2.24) is 30.2 Å². The highest BCUT2D eigenvalue weighted by Gasteiger charge is 2.44. The monoisotopic (exact) mass is 868 g/mol. The molecule has 0 saturated heterocycles. The average molecular weight is 869 g/mol. The van der Waals surface area contributed by atoms with Gasteiger partial charge >= 0.3 is 12.4 Å². The average Bonchev–Trinajstić information content (AvgIpc) is 3.75. The number of aromatic nitrogens is 4. The predicted molar refractivity (Wildman–Crippen MR) is 210 cm³/mol. The zero-order chi connectivity index (χ0) is 44.2. The van der Waals surface area contributed by atoms with Crippen LogP contribution in [-0.2, 0) is 54.8 Å². The van der Waals surface area contributed by atoms with E-state index < -0.39 is 72.4 Å². The summed E-state index contributed by atoms with van der Waals surface area (Å²) in [7, 11) is 3.03. The lowest BCUT2D eigenvalue weighted by molar-refractivity contribution is -0.177. The van der Waals surface area contributed by atoms with E-state index in [2.05, 4.69) is 20.8 Å². The number of hydrogen-bond acceptors (Lipinski definition) is 8. The number of nitrogens with zero attached hydrogens (tertiary/aromatic N) is 6. The van der Waals surface area contributed by atoms with E-state index in [1.165, 1.54) is 33.3 Å². The Morgan fingerprint density at radius 2 is 1.42 bits per heavy atom. The van der Waals surface area contributed by atoms with E-state index in [0.717, 1.165) is 6.08 Å². The number of anilines is 2. The van der Waals surface area contributed by atoms with E-state index in [1.54, 1.807) is 49.4 Å². The molecular formula is C42H42F6N8O6. The third-order valence-electron chi connectivity index (χ3n) is 11.9. The van der Waals surface area contributed by atoms with E-state index in [0.29, 0.717) is 46.4 Å². The van der Waals surface area contributed by atoms with Crippen molar-refractivity contribution < 1.29 is 55.0 Å². The third kappa shape index (κ3) is 7.97. The van der Waals surface area contributed by atoms with Crippen LogP contribution in [0.15, 0.2) is 54.1 Å². The van der Waals surface area contributed by atoms with Crippen molar-refractivity contribution in [2.45, 2.75) is 83.0 Å². The molecule has 4 aromatic rings. The van der Waals surface area contributed by atoms with Gasteiger partial charge in [-0.15, -0.1) is 0 Å². The summed E-state index contributed by atoms with van der Waals surface area (Å²) in [5.74, 6) is -3.59. The zero-order valence-electron chi connectivity index (χ0n) is 33.8. The van der Waals surface area contributed by atoms with Crippen LogP contribution in [0, 0.1) is 5.92 Å². The van der Waals surface area contributed by atoms with Crippen molar-refractivity contribution in [3.05, 3.63) is 93.6 Å². The quantitative estimate of drug-likeness (QED) is 0.188. The maximum Gasteiger partial charge on any atom is 0.412 e. The number of allylic oxidation sites excluding steroid dienone is 2. The minimum absolute atomic E-state index is 0.0122. The molecule has 14 nitrogen and oxygen atoms in total. The van der Waals surface area contributed by atoms with Gasteiger partial charge in [0.25, 0.3) is 23.6 Å². The van der Waals surface area contributed by atoms with Gasteiger partial charge in [0, 0.05) is 68.1 Å². The minimum atomic E-state index is -4.57. The summed E-state index contributed by atoms with van der Waals surface area (Å²) in [6.07, 6.45) is -8.92. The normalized spacial score (nSPS) is 20.1. The third-order valence-corrected chi connectivity index (χ3v) is 11.9. The first-order valence-electron chi connectivity index (χ1n) is 20.1. The number of fused-ring (bicyclic) bond motifs is 4. The van der Waals surface area contributed by atoms with Gasteiger partial charge in [0.05, 0.1) is 17.3 Å². The van der Waals surface area contributed by atoms with Crippen LogP contribution in [0.4, 0.5) is 37.7 Å². The molecule has 20 heteroatoms. The Kier molecular flexibility index (Phi) is 11.0. The summed E-state index contributed by atoms with van der Waals surface area (Å²) in [5, 5.41) is 14.1. The van der Waals surface area contributed by atoms with Crippen molar-refractivity contribution in [2.24, 2.45) is 5.92 Å². The summed E-state index contributed by atoms with van der Waals surface area (Å²) in [5.41, 5.74) is 1.68. The highest BCUT2D eigenvalue weighted by atomic mass is 19.4. The van der Waals surface area contributed by atoms with E-state index in [-0.39, 0.29) is 68.0 Å². The van der Waals surface area contributed by atoms with Gasteiger partial charge < -0.3 is 29.9 Å². The molecule has 328 valence electrons. The Hall–Kier alpha value is -6.34. The van der Waals surface area contributed by atoms with Crippen molar-refractivity contribution in [3.8, 4) is 11.5 Å². The second kappa shape index (κ2) is 16.2. The van der Waals surface area contributed by atoms with E-state index >= 15 is 0 Å². The molecular weight excluding hydrogens is 827 g/mol. The number of amides is 4. The molecule has 2 aromatic heterocycles. The van der Waals surface area contributed by atoms with Crippen LogP contribution in [0.3, 0.4) is 0 Å². The van der Waals surface area contributed by atoms with Gasteiger partial charge in [0.2, 0.25) is 0 Å². The van der Waals surface area contributed by atoms with Crippen molar-refractivity contribution >= 4 is 35.0 Å². The molecule has 62 heavy (non-hydrogen) atoms. The molecule has 2 aromatic carbocycles. The first-order chi connectivity index (χ1) is 29.4. The Labute approximate surface area is 350 Å². The van der Waals surface area contributed by atoms with Gasteiger partial charge in [0.15, 0.2) is 11.4 Å². The Morgan fingerprint density at radius 3 is 2.06 bits per heavy atom. The van der Waals surface area contributed by atoms with Gasteiger partial charge in [-0.2, -0.15) is 36.5 Å². The smallest absolute Gasteiger partial charge is 0.412 e. The van der Waals surface area contributed by atoms with Crippen LogP contribution in [0.1, 0.15) is 62.4 Å². The second-order valence-electron chi connectivity index (χ2n) is 15.7. The maximum absolute atomic E-state index is 14.0. The van der Waals surface area contributed by atoms with Crippen molar-refractivity contribution in [1.29, 1.82) is 0 Å². The molecule has 0 spiro atoms. The van der Waals surface area contributed by atoms with Gasteiger partial charge in [-0.3, -0.25) is 28.5 Å². The van der Waals surface area contributed by atoms with Gasteiger partial charge in [-0.1, -0.05) is 24.3 Å². The molecule has 2 N–H and O–H groups in total. The number of halogens is 6. The number of benzene rings is 2. The van der Waals surface area contributed by atoms with Crippen LogP contribution in [0.2, 0.25) is 0 Å². The molecule has 8 rings (SSSR count). The van der Waals surface area contributed by atoms with E-state index in [4.69, 9.17) is 9.47 Å². The minimum Gasteiger partial charge on any atom is -0.489 e. The van der Waals surface area contributed by atoms with Crippen LogP contribution in [0.5, 0.6) is 11.5 Å². The number of likely N-dealkylation sites (N-methyl/N-ethyl adjacent to an activating group) is 2. The zero-order valence-corrected chi connectivity index (χ0v) is 33.8. The molecule has 4 amide bonds. The summed E-state index contributed by atoms with van der Waals surface area (Å²) < 4.78 is 97.7. The Balaban J connectivity index is 0.976. The molecule has 0 unspecified atom stereocenters. The molecule has 2 aliphatic carbocycles. The van der Waals surface area contributed by atoms with Gasteiger partial charge in [-0.05, 0) is 62.4 Å². The lowest BCUT2D eigenvalue weighted by Crippen LogP contribution is -2.49. The molecule has 4 heterocycles. The largest absolute Gasteiger partial charge is 0.489 e. The SMILES string of the molecule is CCn1nc(C(=O)N[C@H]2COc3cc(CCn4nc(C(=O)N[C@H]5COc6ccccc6N(C)C5=O)c5c4CC[C@@H](C(F)(F)F)C5)ccc3N(C)C2=O)c2c1CC=C(C(F)(F)F)C2. The van der Waals surface area contributed by atoms with Crippen LogP contribution >= 0.6 is 0 Å².